The van der Waals surface area contributed by atoms with Crippen molar-refractivity contribution >= 4 is 17.7 Å². The molecule has 3 aliphatic rings. The second-order valence-corrected chi connectivity index (χ2v) is 5.99. The molecule has 3 amide bonds. The highest BCUT2D eigenvalue weighted by atomic mass is 16.5. The molecule has 2 saturated heterocycles. The summed E-state index contributed by atoms with van der Waals surface area (Å²) < 4.78 is 5.03. The van der Waals surface area contributed by atoms with Crippen LogP contribution in [0.5, 0.6) is 0 Å². The number of amides is 3. The molecule has 0 aromatic rings. The third-order valence-electron chi connectivity index (χ3n) is 4.91. The Morgan fingerprint density at radius 2 is 2.14 bits per heavy atom. The quantitative estimate of drug-likeness (QED) is 0.747. The average Bonchev–Trinajstić information content (AvgIpc) is 2.46. The highest BCUT2D eigenvalue weighted by molar-refractivity contribution is 5.99. The third kappa shape index (κ3) is 2.44. The van der Waals surface area contributed by atoms with E-state index in [1.54, 1.807) is 12.0 Å². The fourth-order valence-corrected chi connectivity index (χ4v) is 3.90. The minimum atomic E-state index is -0.383. The Kier molecular flexibility index (Phi) is 3.95. The number of hydrogen-bond donors (Lipinski definition) is 2. The first-order valence-corrected chi connectivity index (χ1v) is 7.50. The summed E-state index contributed by atoms with van der Waals surface area (Å²) >= 11 is 0. The van der Waals surface area contributed by atoms with Crippen molar-refractivity contribution in [3.8, 4) is 0 Å². The van der Waals surface area contributed by atoms with Gasteiger partial charge in [-0.15, -0.1) is 0 Å². The number of ketones is 1. The number of urea groups is 1. The normalized spacial score (nSPS) is 36.0. The molecule has 3 rings (SSSR count). The van der Waals surface area contributed by atoms with Crippen LogP contribution in [0.4, 0.5) is 4.79 Å². The first kappa shape index (κ1) is 14.5. The number of fused-ring (bicyclic) bond motifs is 3. The summed E-state index contributed by atoms with van der Waals surface area (Å²) in [5.41, 5.74) is 0. The highest BCUT2D eigenvalue weighted by Gasteiger charge is 2.52. The molecule has 7 nitrogen and oxygen atoms in total. The topological polar surface area (TPSA) is 87.7 Å². The van der Waals surface area contributed by atoms with Crippen molar-refractivity contribution in [3.05, 3.63) is 0 Å². The smallest absolute Gasteiger partial charge is 0.325 e. The fourth-order valence-electron chi connectivity index (χ4n) is 3.90. The Morgan fingerprint density at radius 3 is 2.90 bits per heavy atom. The van der Waals surface area contributed by atoms with Gasteiger partial charge in [0.1, 0.15) is 5.78 Å². The summed E-state index contributed by atoms with van der Waals surface area (Å²) in [4.78, 5) is 38.0. The first-order chi connectivity index (χ1) is 10.1. The van der Waals surface area contributed by atoms with E-state index in [1.807, 2.05) is 0 Å². The Labute approximate surface area is 123 Å². The molecule has 2 aliphatic heterocycles. The fraction of sp³-hybridized carbons (Fsp3) is 0.786. The number of methoxy groups -OCH3 is 1. The second kappa shape index (κ2) is 5.73. The summed E-state index contributed by atoms with van der Waals surface area (Å²) in [7, 11) is 1.58. The van der Waals surface area contributed by atoms with E-state index in [-0.39, 0.29) is 41.6 Å². The number of hydrogen-bond acceptors (Lipinski definition) is 5. The van der Waals surface area contributed by atoms with Crippen molar-refractivity contribution in [2.75, 3.05) is 26.8 Å². The van der Waals surface area contributed by atoms with Crippen LogP contribution < -0.4 is 10.6 Å². The maximum atomic E-state index is 12.3. The molecule has 0 aromatic heterocycles. The molecule has 116 valence electrons. The molecular formula is C14H21N3O4. The molecule has 21 heavy (non-hydrogen) atoms. The van der Waals surface area contributed by atoms with E-state index in [4.69, 9.17) is 4.74 Å². The standard InChI is InChI=1S/C14H21N3O4/c1-21-6-5-17-12-11(13(19)16-14(17)20)8-3-2-4-10(18)9(8)7-15-12/h8-9,11-12,15H,2-7H2,1H3,(H,16,19,20). The summed E-state index contributed by atoms with van der Waals surface area (Å²) in [6, 6.07) is -0.383. The van der Waals surface area contributed by atoms with E-state index >= 15 is 0 Å². The van der Waals surface area contributed by atoms with Gasteiger partial charge >= 0.3 is 6.03 Å². The third-order valence-corrected chi connectivity index (χ3v) is 4.91. The average molecular weight is 295 g/mol. The molecule has 2 N–H and O–H groups in total. The van der Waals surface area contributed by atoms with Gasteiger partial charge in [-0.1, -0.05) is 0 Å². The summed E-state index contributed by atoms with van der Waals surface area (Å²) in [6.07, 6.45) is 1.99. The van der Waals surface area contributed by atoms with Gasteiger partial charge in [0.2, 0.25) is 5.91 Å². The summed E-state index contributed by atoms with van der Waals surface area (Å²) in [5, 5.41) is 5.66. The highest BCUT2D eigenvalue weighted by Crippen LogP contribution is 2.39. The lowest BCUT2D eigenvalue weighted by atomic mass is 9.67. The van der Waals surface area contributed by atoms with Crippen LogP contribution in [-0.2, 0) is 14.3 Å². The number of rotatable bonds is 3. The summed E-state index contributed by atoms with van der Waals surface area (Å²) in [6.45, 7) is 1.39. The van der Waals surface area contributed by atoms with Crippen LogP contribution in [0, 0.1) is 17.8 Å². The van der Waals surface area contributed by atoms with E-state index in [1.165, 1.54) is 0 Å². The van der Waals surface area contributed by atoms with E-state index in [2.05, 4.69) is 10.6 Å². The number of piperidine rings is 1. The monoisotopic (exact) mass is 295 g/mol. The van der Waals surface area contributed by atoms with Crippen LogP contribution in [0.3, 0.4) is 0 Å². The molecule has 7 heteroatoms. The van der Waals surface area contributed by atoms with Gasteiger partial charge < -0.3 is 9.64 Å². The number of nitrogens with zero attached hydrogens (tertiary/aromatic N) is 1. The van der Waals surface area contributed by atoms with Crippen molar-refractivity contribution in [2.24, 2.45) is 17.8 Å². The SMILES string of the molecule is COCCN1C(=O)NC(=O)C2C3CCCC(=O)C3CNC21. The van der Waals surface area contributed by atoms with Crippen LogP contribution in [0.15, 0.2) is 0 Å². The van der Waals surface area contributed by atoms with E-state index in [0.717, 1.165) is 12.8 Å². The van der Waals surface area contributed by atoms with E-state index in [0.29, 0.717) is 26.1 Å². The predicted molar refractivity (Wildman–Crippen MR) is 73.2 cm³/mol. The Bertz CT molecular complexity index is 467. The maximum Gasteiger partial charge on any atom is 0.325 e. The largest absolute Gasteiger partial charge is 0.383 e. The van der Waals surface area contributed by atoms with Crippen molar-refractivity contribution in [1.82, 2.24) is 15.5 Å². The predicted octanol–water partition coefficient (Wildman–Crippen LogP) is -0.284. The van der Waals surface area contributed by atoms with Gasteiger partial charge in [-0.25, -0.2) is 4.79 Å². The Balaban J connectivity index is 1.84. The number of Topliss-reactive ketones (excluding diaryl/α,β-unsaturated/α-hetero) is 1. The molecule has 0 aromatic carbocycles. The van der Waals surface area contributed by atoms with E-state index < -0.39 is 0 Å². The molecule has 3 fully saturated rings. The Morgan fingerprint density at radius 1 is 1.33 bits per heavy atom. The zero-order valence-electron chi connectivity index (χ0n) is 12.1. The molecule has 4 unspecified atom stereocenters. The molecular weight excluding hydrogens is 274 g/mol. The van der Waals surface area contributed by atoms with Gasteiger partial charge in [0, 0.05) is 32.5 Å². The molecule has 2 heterocycles. The number of nitrogens with one attached hydrogen (secondary N) is 2. The molecule has 0 spiro atoms. The van der Waals surface area contributed by atoms with Crippen molar-refractivity contribution in [1.29, 1.82) is 0 Å². The number of carbonyl (C=O) groups is 3. The zero-order chi connectivity index (χ0) is 15.0. The number of ether oxygens (including phenoxy) is 1. The molecule has 0 radical (unpaired) electrons. The van der Waals surface area contributed by atoms with Crippen molar-refractivity contribution in [2.45, 2.75) is 25.4 Å². The van der Waals surface area contributed by atoms with Gasteiger partial charge in [-0.2, -0.15) is 0 Å². The van der Waals surface area contributed by atoms with Crippen LogP contribution in [0.2, 0.25) is 0 Å². The van der Waals surface area contributed by atoms with Gasteiger partial charge in [-0.3, -0.25) is 20.2 Å². The minimum Gasteiger partial charge on any atom is -0.383 e. The lowest BCUT2D eigenvalue weighted by Gasteiger charge is -2.50. The molecule has 1 saturated carbocycles. The van der Waals surface area contributed by atoms with Crippen LogP contribution >= 0.6 is 0 Å². The zero-order valence-corrected chi connectivity index (χ0v) is 12.1. The number of imide groups is 1. The van der Waals surface area contributed by atoms with Crippen LogP contribution in [-0.4, -0.2) is 55.6 Å². The van der Waals surface area contributed by atoms with Gasteiger partial charge in [-0.05, 0) is 18.8 Å². The lowest BCUT2D eigenvalue weighted by Crippen LogP contribution is -2.71. The maximum absolute atomic E-state index is 12.3. The lowest BCUT2D eigenvalue weighted by molar-refractivity contribution is -0.141. The number of carbonyl (C=O) groups excluding carboxylic acids is 3. The minimum absolute atomic E-state index is 0.0376. The second-order valence-electron chi connectivity index (χ2n) is 5.99. The van der Waals surface area contributed by atoms with Gasteiger partial charge in [0.25, 0.3) is 0 Å². The van der Waals surface area contributed by atoms with E-state index in [9.17, 15) is 14.4 Å². The van der Waals surface area contributed by atoms with Gasteiger partial charge in [0.15, 0.2) is 0 Å². The summed E-state index contributed by atoms with van der Waals surface area (Å²) in [5.74, 6) is -0.415. The van der Waals surface area contributed by atoms with Crippen LogP contribution in [0.1, 0.15) is 19.3 Å². The van der Waals surface area contributed by atoms with Crippen LogP contribution in [0.25, 0.3) is 0 Å². The molecule has 1 aliphatic carbocycles. The Hall–Kier alpha value is -1.47. The molecule has 0 bridgehead atoms. The van der Waals surface area contributed by atoms with Crippen molar-refractivity contribution < 1.29 is 19.1 Å². The molecule has 4 atom stereocenters. The van der Waals surface area contributed by atoms with Gasteiger partial charge in [0.05, 0.1) is 18.7 Å². The first-order valence-electron chi connectivity index (χ1n) is 7.50. The van der Waals surface area contributed by atoms with Crippen molar-refractivity contribution in [3.63, 3.8) is 0 Å².